The topological polar surface area (TPSA) is 90.7 Å². The van der Waals surface area contributed by atoms with Gasteiger partial charge < -0.3 is 15.2 Å². The lowest BCUT2D eigenvalue weighted by Crippen LogP contribution is -2.12. The summed E-state index contributed by atoms with van der Waals surface area (Å²) < 4.78 is 37.3. The predicted molar refractivity (Wildman–Crippen MR) is 75.6 cm³/mol. The lowest BCUT2D eigenvalue weighted by molar-refractivity contribution is 0.174. The molecule has 3 rings (SSSR count). The Kier molecular flexibility index (Phi) is 3.28. The number of thiophene rings is 1. The molecule has 3 N–H and O–H groups in total. The van der Waals surface area contributed by atoms with Crippen molar-refractivity contribution in [3.05, 3.63) is 34.5 Å². The van der Waals surface area contributed by atoms with Gasteiger partial charge in [0.2, 0.25) is 6.79 Å². The van der Waals surface area contributed by atoms with Crippen molar-refractivity contribution in [3.8, 4) is 11.5 Å². The summed E-state index contributed by atoms with van der Waals surface area (Å²) in [6.45, 7) is 0.472. The molecule has 0 unspecified atom stereocenters. The van der Waals surface area contributed by atoms with Crippen LogP contribution in [0.1, 0.15) is 4.88 Å². The Hall–Kier alpha value is -1.77. The number of nitrogens with two attached hydrogens (primary N) is 1. The second-order valence-corrected chi connectivity index (χ2v) is 6.80. The van der Waals surface area contributed by atoms with Gasteiger partial charge in [0.25, 0.3) is 10.0 Å². The van der Waals surface area contributed by atoms with Crippen molar-refractivity contribution in [2.75, 3.05) is 11.5 Å². The van der Waals surface area contributed by atoms with Gasteiger partial charge in [-0.25, -0.2) is 8.42 Å². The zero-order valence-corrected chi connectivity index (χ0v) is 12.0. The van der Waals surface area contributed by atoms with Crippen LogP contribution in [0.15, 0.2) is 34.5 Å². The van der Waals surface area contributed by atoms with Crippen LogP contribution in [0.4, 0.5) is 5.69 Å². The number of ether oxygens (including phenoxy) is 2. The molecule has 20 heavy (non-hydrogen) atoms. The molecule has 106 valence electrons. The number of nitrogens with one attached hydrogen (secondary N) is 1. The van der Waals surface area contributed by atoms with Gasteiger partial charge in [0.1, 0.15) is 0 Å². The molecule has 0 aliphatic carbocycles. The summed E-state index contributed by atoms with van der Waals surface area (Å²) in [7, 11) is -3.61. The summed E-state index contributed by atoms with van der Waals surface area (Å²) in [6.07, 6.45) is 0. The van der Waals surface area contributed by atoms with Crippen LogP contribution < -0.4 is 19.9 Å². The molecule has 2 heterocycles. The summed E-state index contributed by atoms with van der Waals surface area (Å²) in [6, 6.07) is 6.45. The van der Waals surface area contributed by atoms with Crippen molar-refractivity contribution in [3.63, 3.8) is 0 Å². The molecule has 0 bridgehead atoms. The number of hydrogen-bond donors (Lipinski definition) is 2. The van der Waals surface area contributed by atoms with E-state index in [4.69, 9.17) is 15.2 Å². The number of fused-ring (bicyclic) bond motifs is 1. The summed E-state index contributed by atoms with van der Waals surface area (Å²) in [5.41, 5.74) is 5.91. The summed E-state index contributed by atoms with van der Waals surface area (Å²) >= 11 is 1.32. The highest BCUT2D eigenvalue weighted by molar-refractivity contribution is 7.92. The fraction of sp³-hybridized carbons (Fsp3) is 0.167. The van der Waals surface area contributed by atoms with Gasteiger partial charge in [0.15, 0.2) is 11.5 Å². The van der Waals surface area contributed by atoms with Crippen molar-refractivity contribution in [2.45, 2.75) is 11.4 Å². The third-order valence-corrected chi connectivity index (χ3v) is 5.23. The first-order valence-electron chi connectivity index (χ1n) is 5.78. The molecule has 0 saturated carbocycles. The third-order valence-electron chi connectivity index (χ3n) is 2.77. The minimum absolute atomic E-state index is 0.149. The van der Waals surface area contributed by atoms with Gasteiger partial charge in [-0.15, -0.1) is 11.3 Å². The Morgan fingerprint density at radius 1 is 1.25 bits per heavy atom. The van der Waals surface area contributed by atoms with E-state index in [1.165, 1.54) is 11.3 Å². The molecule has 1 aliphatic heterocycles. The van der Waals surface area contributed by atoms with E-state index in [9.17, 15) is 8.42 Å². The Morgan fingerprint density at radius 2 is 2.05 bits per heavy atom. The number of sulfonamides is 1. The van der Waals surface area contributed by atoms with Crippen LogP contribution in [0.3, 0.4) is 0 Å². The molecular formula is C12H12N2O4S2. The number of anilines is 1. The van der Waals surface area contributed by atoms with Crippen molar-refractivity contribution in [2.24, 2.45) is 5.73 Å². The summed E-state index contributed by atoms with van der Waals surface area (Å²) in [5.74, 6) is 1.13. The van der Waals surface area contributed by atoms with Crippen LogP contribution in [0.5, 0.6) is 11.5 Å². The van der Waals surface area contributed by atoms with Crippen LogP contribution in [0.2, 0.25) is 0 Å². The highest BCUT2D eigenvalue weighted by Gasteiger charge is 2.19. The van der Waals surface area contributed by atoms with E-state index in [0.29, 0.717) is 23.7 Å². The van der Waals surface area contributed by atoms with Crippen LogP contribution in [0.25, 0.3) is 0 Å². The van der Waals surface area contributed by atoms with Crippen molar-refractivity contribution in [1.82, 2.24) is 0 Å². The van der Waals surface area contributed by atoms with Crippen molar-refractivity contribution in [1.29, 1.82) is 0 Å². The second kappa shape index (κ2) is 4.97. The third kappa shape index (κ3) is 2.45. The van der Waals surface area contributed by atoms with E-state index in [0.717, 1.165) is 4.88 Å². The Morgan fingerprint density at radius 3 is 2.80 bits per heavy atom. The maximum absolute atomic E-state index is 12.2. The molecule has 1 aliphatic rings. The maximum Gasteiger partial charge on any atom is 0.262 e. The number of rotatable bonds is 4. The lowest BCUT2D eigenvalue weighted by atomic mass is 10.3. The molecule has 1 aromatic carbocycles. The van der Waals surface area contributed by atoms with Gasteiger partial charge in [-0.05, 0) is 18.2 Å². The van der Waals surface area contributed by atoms with Gasteiger partial charge >= 0.3 is 0 Å². The van der Waals surface area contributed by atoms with Crippen LogP contribution in [-0.2, 0) is 16.6 Å². The van der Waals surface area contributed by atoms with E-state index in [2.05, 4.69) is 4.72 Å². The van der Waals surface area contributed by atoms with Gasteiger partial charge in [-0.1, -0.05) is 0 Å². The van der Waals surface area contributed by atoms with E-state index >= 15 is 0 Å². The quantitative estimate of drug-likeness (QED) is 0.897. The highest BCUT2D eigenvalue weighted by Crippen LogP contribution is 2.35. The zero-order valence-electron chi connectivity index (χ0n) is 10.3. The van der Waals surface area contributed by atoms with Crippen LogP contribution in [0, 0.1) is 0 Å². The average molecular weight is 312 g/mol. The van der Waals surface area contributed by atoms with Crippen molar-refractivity contribution < 1.29 is 17.9 Å². The highest BCUT2D eigenvalue weighted by atomic mass is 32.2. The monoisotopic (exact) mass is 312 g/mol. The SMILES string of the molecule is NCc1cc(S(=O)(=O)Nc2ccc3c(c2)OCO3)cs1. The minimum Gasteiger partial charge on any atom is -0.454 e. The lowest BCUT2D eigenvalue weighted by Gasteiger charge is -2.07. The number of benzene rings is 1. The molecule has 0 spiro atoms. The molecule has 0 fully saturated rings. The fourth-order valence-corrected chi connectivity index (χ4v) is 3.99. The zero-order chi connectivity index (χ0) is 14.2. The largest absolute Gasteiger partial charge is 0.454 e. The Labute approximate surface area is 120 Å². The molecule has 0 atom stereocenters. The van der Waals surface area contributed by atoms with Gasteiger partial charge in [0, 0.05) is 22.9 Å². The van der Waals surface area contributed by atoms with E-state index in [-0.39, 0.29) is 11.7 Å². The van der Waals surface area contributed by atoms with Crippen LogP contribution >= 0.6 is 11.3 Å². The summed E-state index contributed by atoms with van der Waals surface area (Å²) in [5, 5.41) is 1.57. The first-order chi connectivity index (χ1) is 9.58. The minimum atomic E-state index is -3.61. The molecule has 2 aromatic rings. The second-order valence-electron chi connectivity index (χ2n) is 4.13. The Balaban J connectivity index is 1.86. The first kappa shape index (κ1) is 13.2. The Bertz CT molecular complexity index is 740. The average Bonchev–Trinajstić information content (AvgIpc) is 3.06. The smallest absolute Gasteiger partial charge is 0.262 e. The molecular weight excluding hydrogens is 300 g/mol. The normalized spacial score (nSPS) is 13.4. The van der Waals surface area contributed by atoms with E-state index < -0.39 is 10.0 Å². The van der Waals surface area contributed by atoms with Crippen LogP contribution in [-0.4, -0.2) is 15.2 Å². The molecule has 1 aromatic heterocycles. The van der Waals surface area contributed by atoms with Gasteiger partial charge in [-0.2, -0.15) is 0 Å². The molecule has 6 nitrogen and oxygen atoms in total. The first-order valence-corrected chi connectivity index (χ1v) is 8.15. The predicted octanol–water partition coefficient (Wildman–Crippen LogP) is 1.74. The van der Waals surface area contributed by atoms with E-state index in [1.807, 2.05) is 0 Å². The van der Waals surface area contributed by atoms with E-state index in [1.54, 1.807) is 29.6 Å². The molecule has 0 radical (unpaired) electrons. The standard InChI is InChI=1S/C12H12N2O4S2/c13-5-9-4-10(6-19-9)20(15,16)14-8-1-2-11-12(3-8)18-7-17-11/h1-4,6,14H,5,7,13H2. The molecule has 0 saturated heterocycles. The number of hydrogen-bond acceptors (Lipinski definition) is 6. The van der Waals surface area contributed by atoms with Crippen molar-refractivity contribution >= 4 is 27.0 Å². The van der Waals surface area contributed by atoms with Gasteiger partial charge in [0.05, 0.1) is 10.6 Å². The summed E-state index contributed by atoms with van der Waals surface area (Å²) in [4.78, 5) is 1.02. The van der Waals surface area contributed by atoms with Gasteiger partial charge in [-0.3, -0.25) is 4.72 Å². The molecule has 0 amide bonds. The fourth-order valence-electron chi connectivity index (χ4n) is 1.78. The molecule has 8 heteroatoms. The maximum atomic E-state index is 12.2.